The number of carbonyl (C=O) groups is 2. The molecule has 1 heterocycles. The van der Waals surface area contributed by atoms with Gasteiger partial charge < -0.3 is 10.4 Å². The van der Waals surface area contributed by atoms with Crippen molar-refractivity contribution in [2.24, 2.45) is 5.92 Å². The van der Waals surface area contributed by atoms with Gasteiger partial charge in [0.2, 0.25) is 0 Å². The van der Waals surface area contributed by atoms with Crippen LogP contribution in [0.15, 0.2) is 0 Å². The first kappa shape index (κ1) is 17.1. The van der Waals surface area contributed by atoms with E-state index in [1.165, 1.54) is 4.90 Å². The van der Waals surface area contributed by atoms with Crippen molar-refractivity contribution in [1.82, 2.24) is 10.2 Å². The van der Waals surface area contributed by atoms with Crippen LogP contribution in [0.4, 0.5) is 4.79 Å². The number of amides is 2. The summed E-state index contributed by atoms with van der Waals surface area (Å²) >= 11 is 1.55. The smallest absolute Gasteiger partial charge is 0.327 e. The van der Waals surface area contributed by atoms with Gasteiger partial charge in [0.1, 0.15) is 6.04 Å². The molecule has 20 heavy (non-hydrogen) atoms. The number of nitrogens with zero attached hydrogens (tertiary/aromatic N) is 1. The van der Waals surface area contributed by atoms with Crippen LogP contribution in [0.1, 0.15) is 47.5 Å². The Morgan fingerprint density at radius 1 is 1.40 bits per heavy atom. The zero-order valence-electron chi connectivity index (χ0n) is 13.0. The van der Waals surface area contributed by atoms with Gasteiger partial charge in [-0.15, -0.1) is 11.8 Å². The van der Waals surface area contributed by atoms with Crippen molar-refractivity contribution in [2.45, 2.75) is 64.4 Å². The van der Waals surface area contributed by atoms with Crippen LogP contribution in [0.25, 0.3) is 0 Å². The molecule has 0 saturated carbocycles. The summed E-state index contributed by atoms with van der Waals surface area (Å²) < 4.78 is 0. The highest BCUT2D eigenvalue weighted by molar-refractivity contribution is 8.00. The van der Waals surface area contributed by atoms with Gasteiger partial charge in [0.25, 0.3) is 0 Å². The molecule has 1 aliphatic heterocycles. The third-order valence-electron chi connectivity index (χ3n) is 4.09. The Balaban J connectivity index is 2.92. The van der Waals surface area contributed by atoms with Gasteiger partial charge in [0, 0.05) is 11.3 Å². The average molecular weight is 302 g/mol. The fourth-order valence-corrected chi connectivity index (χ4v) is 3.71. The Bertz CT molecular complexity index is 369. The van der Waals surface area contributed by atoms with Crippen LogP contribution in [-0.2, 0) is 4.79 Å². The second kappa shape index (κ2) is 6.70. The molecular formula is C14H26N2O3S. The summed E-state index contributed by atoms with van der Waals surface area (Å²) in [6.45, 7) is 10.1. The van der Waals surface area contributed by atoms with Crippen molar-refractivity contribution >= 4 is 23.8 Å². The van der Waals surface area contributed by atoms with E-state index in [9.17, 15) is 14.7 Å². The lowest BCUT2D eigenvalue weighted by Crippen LogP contribution is -2.56. The lowest BCUT2D eigenvalue weighted by atomic mass is 9.96. The molecule has 0 spiro atoms. The number of hydrogen-bond donors (Lipinski definition) is 2. The Hall–Kier alpha value is -0.910. The molecule has 1 saturated heterocycles. The lowest BCUT2D eigenvalue weighted by molar-refractivity contribution is -0.141. The highest BCUT2D eigenvalue weighted by atomic mass is 32.2. The standard InChI is InChI=1S/C14H26N2O3S/c1-6-14(5,7-2)15-13(19)16-10(12(17)18)8-20-11(16)9(3)4/h9-11H,6-8H2,1-5H3,(H,15,19)(H,17,18). The fourth-order valence-electron chi connectivity index (χ4n) is 2.24. The predicted octanol–water partition coefficient (Wildman–Crippen LogP) is 2.76. The number of thioether (sulfide) groups is 1. The molecule has 0 bridgehead atoms. The van der Waals surface area contributed by atoms with Crippen LogP contribution in [0.3, 0.4) is 0 Å². The van der Waals surface area contributed by atoms with Gasteiger partial charge in [-0.05, 0) is 25.7 Å². The van der Waals surface area contributed by atoms with Crippen molar-refractivity contribution in [3.63, 3.8) is 0 Å². The molecule has 1 fully saturated rings. The molecule has 2 atom stereocenters. The van der Waals surface area contributed by atoms with E-state index in [-0.39, 0.29) is 22.9 Å². The Labute approximate surface area is 125 Å². The van der Waals surface area contributed by atoms with Gasteiger partial charge in [-0.3, -0.25) is 4.90 Å². The molecule has 0 aliphatic carbocycles. The monoisotopic (exact) mass is 302 g/mol. The number of carbonyl (C=O) groups excluding carboxylic acids is 1. The minimum absolute atomic E-state index is 0.0749. The summed E-state index contributed by atoms with van der Waals surface area (Å²) in [5.74, 6) is -0.240. The summed E-state index contributed by atoms with van der Waals surface area (Å²) in [7, 11) is 0. The fraction of sp³-hybridized carbons (Fsp3) is 0.857. The number of nitrogens with one attached hydrogen (secondary N) is 1. The van der Waals surface area contributed by atoms with E-state index in [1.54, 1.807) is 11.8 Å². The summed E-state index contributed by atoms with van der Waals surface area (Å²) in [4.78, 5) is 25.4. The number of carboxylic acids is 1. The van der Waals surface area contributed by atoms with Crippen molar-refractivity contribution in [3.8, 4) is 0 Å². The van der Waals surface area contributed by atoms with E-state index in [4.69, 9.17) is 0 Å². The molecule has 2 N–H and O–H groups in total. The molecule has 0 aromatic rings. The molecule has 116 valence electrons. The largest absolute Gasteiger partial charge is 0.480 e. The van der Waals surface area contributed by atoms with Crippen LogP contribution >= 0.6 is 11.8 Å². The van der Waals surface area contributed by atoms with E-state index >= 15 is 0 Å². The number of rotatable bonds is 5. The Morgan fingerprint density at radius 2 is 1.95 bits per heavy atom. The zero-order valence-corrected chi connectivity index (χ0v) is 13.8. The maximum Gasteiger partial charge on any atom is 0.327 e. The minimum Gasteiger partial charge on any atom is -0.480 e. The highest BCUT2D eigenvalue weighted by Crippen LogP contribution is 2.34. The van der Waals surface area contributed by atoms with E-state index < -0.39 is 12.0 Å². The maximum atomic E-state index is 12.5. The summed E-state index contributed by atoms with van der Waals surface area (Å²) in [6.07, 6.45) is 1.64. The summed E-state index contributed by atoms with van der Waals surface area (Å²) in [5, 5.41) is 12.2. The first-order chi connectivity index (χ1) is 9.25. The molecule has 0 aromatic carbocycles. The predicted molar refractivity (Wildman–Crippen MR) is 81.9 cm³/mol. The second-order valence-electron chi connectivity index (χ2n) is 5.93. The van der Waals surface area contributed by atoms with Gasteiger partial charge >= 0.3 is 12.0 Å². The third kappa shape index (κ3) is 3.59. The molecule has 2 unspecified atom stereocenters. The van der Waals surface area contributed by atoms with E-state index in [0.717, 1.165) is 12.8 Å². The topological polar surface area (TPSA) is 69.6 Å². The van der Waals surface area contributed by atoms with Gasteiger partial charge in [-0.25, -0.2) is 9.59 Å². The van der Waals surface area contributed by atoms with Crippen LogP contribution < -0.4 is 5.32 Å². The van der Waals surface area contributed by atoms with E-state index in [0.29, 0.717) is 5.75 Å². The van der Waals surface area contributed by atoms with Crippen molar-refractivity contribution in [2.75, 3.05) is 5.75 Å². The number of hydrogen-bond acceptors (Lipinski definition) is 3. The van der Waals surface area contributed by atoms with Crippen molar-refractivity contribution < 1.29 is 14.7 Å². The van der Waals surface area contributed by atoms with Crippen molar-refractivity contribution in [1.29, 1.82) is 0 Å². The SMILES string of the molecule is CCC(C)(CC)NC(=O)N1C(C(=O)O)CSC1C(C)C. The van der Waals surface area contributed by atoms with Crippen LogP contribution in [0, 0.1) is 5.92 Å². The molecule has 0 radical (unpaired) electrons. The third-order valence-corrected chi connectivity index (χ3v) is 5.72. The molecule has 6 heteroatoms. The Morgan fingerprint density at radius 3 is 2.35 bits per heavy atom. The molecule has 2 amide bonds. The van der Waals surface area contributed by atoms with E-state index in [1.807, 2.05) is 34.6 Å². The lowest BCUT2D eigenvalue weighted by Gasteiger charge is -2.35. The van der Waals surface area contributed by atoms with Crippen LogP contribution in [-0.4, -0.2) is 44.7 Å². The first-order valence-corrected chi connectivity index (χ1v) is 8.25. The molecule has 0 aromatic heterocycles. The Kier molecular flexibility index (Phi) is 5.74. The molecular weight excluding hydrogens is 276 g/mol. The molecule has 1 aliphatic rings. The van der Waals surface area contributed by atoms with Crippen LogP contribution in [0.5, 0.6) is 0 Å². The van der Waals surface area contributed by atoms with Gasteiger partial charge in [-0.1, -0.05) is 27.7 Å². The van der Waals surface area contributed by atoms with Crippen molar-refractivity contribution in [3.05, 3.63) is 0 Å². The van der Waals surface area contributed by atoms with Gasteiger partial charge in [-0.2, -0.15) is 0 Å². The molecule has 1 rings (SSSR count). The van der Waals surface area contributed by atoms with Gasteiger partial charge in [0.05, 0.1) is 5.37 Å². The number of aliphatic carboxylic acids is 1. The van der Waals surface area contributed by atoms with E-state index in [2.05, 4.69) is 5.32 Å². The zero-order chi connectivity index (χ0) is 15.5. The van der Waals surface area contributed by atoms with Gasteiger partial charge in [0.15, 0.2) is 0 Å². The maximum absolute atomic E-state index is 12.5. The van der Waals surface area contributed by atoms with Crippen LogP contribution in [0.2, 0.25) is 0 Å². The number of carboxylic acid groups (broad SMARTS) is 1. The number of urea groups is 1. The highest BCUT2D eigenvalue weighted by Gasteiger charge is 2.44. The molecule has 5 nitrogen and oxygen atoms in total. The summed E-state index contributed by atoms with van der Waals surface area (Å²) in [6, 6.07) is -0.988. The first-order valence-electron chi connectivity index (χ1n) is 7.20. The second-order valence-corrected chi connectivity index (χ2v) is 7.08. The summed E-state index contributed by atoms with van der Waals surface area (Å²) in [5.41, 5.74) is -0.283. The average Bonchev–Trinajstić information content (AvgIpc) is 2.83. The minimum atomic E-state index is -0.925. The quantitative estimate of drug-likeness (QED) is 0.819. The normalized spacial score (nSPS) is 23.2.